The Balaban J connectivity index is 1.63. The first-order chi connectivity index (χ1) is 10.7. The van der Waals surface area contributed by atoms with E-state index >= 15 is 0 Å². The molecular weight excluding hydrogens is 296 g/mol. The molecule has 0 spiro atoms. The molecule has 3 nitrogen and oxygen atoms in total. The van der Waals surface area contributed by atoms with E-state index in [0.717, 1.165) is 12.1 Å². The van der Waals surface area contributed by atoms with Crippen LogP contribution in [0.15, 0.2) is 60.7 Å². The highest BCUT2D eigenvalue weighted by Gasteiger charge is 2.17. The van der Waals surface area contributed by atoms with Gasteiger partial charge in [0.05, 0.1) is 0 Å². The third-order valence-corrected chi connectivity index (χ3v) is 3.95. The van der Waals surface area contributed by atoms with E-state index in [4.69, 9.17) is 11.6 Å². The Labute approximate surface area is 135 Å². The van der Waals surface area contributed by atoms with Crippen molar-refractivity contribution in [2.75, 3.05) is 18.4 Å². The molecule has 2 aromatic carbocycles. The maximum Gasteiger partial charge on any atom is 0.322 e. The molecule has 112 valence electrons. The summed E-state index contributed by atoms with van der Waals surface area (Å²) in [5, 5.41) is 3.49. The topological polar surface area (TPSA) is 32.3 Å². The number of amides is 2. The van der Waals surface area contributed by atoms with Crippen molar-refractivity contribution in [3.8, 4) is 0 Å². The number of carbonyl (C=O) groups excluding carboxylic acids is 1. The quantitative estimate of drug-likeness (QED) is 0.859. The van der Waals surface area contributed by atoms with Gasteiger partial charge in [-0.3, -0.25) is 0 Å². The SMILES string of the molecule is O=C(Nc1cccc(Cl)c1)N1CC=C(c2ccccc2)CC1. The van der Waals surface area contributed by atoms with Crippen LogP contribution in [0.25, 0.3) is 5.57 Å². The van der Waals surface area contributed by atoms with E-state index in [1.807, 2.05) is 30.3 Å². The van der Waals surface area contributed by atoms with E-state index in [1.54, 1.807) is 17.0 Å². The van der Waals surface area contributed by atoms with Gasteiger partial charge >= 0.3 is 6.03 Å². The summed E-state index contributed by atoms with van der Waals surface area (Å²) in [6, 6.07) is 17.4. The first-order valence-corrected chi connectivity index (χ1v) is 7.66. The molecular formula is C18H17ClN2O. The van der Waals surface area contributed by atoms with Gasteiger partial charge in [-0.1, -0.05) is 54.1 Å². The number of nitrogens with zero attached hydrogens (tertiary/aromatic N) is 1. The molecule has 0 aromatic heterocycles. The Hall–Kier alpha value is -2.26. The Morgan fingerprint density at radius 2 is 1.91 bits per heavy atom. The zero-order chi connectivity index (χ0) is 15.4. The summed E-state index contributed by atoms with van der Waals surface area (Å²) in [5.74, 6) is 0. The van der Waals surface area contributed by atoms with Crippen LogP contribution in [-0.4, -0.2) is 24.0 Å². The number of halogens is 1. The highest BCUT2D eigenvalue weighted by atomic mass is 35.5. The second-order valence-electron chi connectivity index (χ2n) is 5.23. The highest BCUT2D eigenvalue weighted by molar-refractivity contribution is 6.30. The third kappa shape index (κ3) is 3.49. The summed E-state index contributed by atoms with van der Waals surface area (Å²) < 4.78 is 0. The molecule has 2 amide bonds. The van der Waals surface area contributed by atoms with Crippen LogP contribution in [0.2, 0.25) is 5.02 Å². The van der Waals surface area contributed by atoms with Crippen LogP contribution < -0.4 is 5.32 Å². The predicted octanol–water partition coefficient (Wildman–Crippen LogP) is 4.66. The van der Waals surface area contributed by atoms with Gasteiger partial charge in [0.1, 0.15) is 0 Å². The fourth-order valence-corrected chi connectivity index (χ4v) is 2.73. The van der Waals surface area contributed by atoms with Gasteiger partial charge in [0.15, 0.2) is 0 Å². The maximum absolute atomic E-state index is 12.3. The highest BCUT2D eigenvalue weighted by Crippen LogP contribution is 2.22. The molecule has 4 heteroatoms. The van der Waals surface area contributed by atoms with Gasteiger partial charge in [-0.25, -0.2) is 4.79 Å². The van der Waals surface area contributed by atoms with Crippen molar-refractivity contribution in [1.82, 2.24) is 4.90 Å². The number of carbonyl (C=O) groups is 1. The van der Waals surface area contributed by atoms with Crippen LogP contribution in [0.1, 0.15) is 12.0 Å². The van der Waals surface area contributed by atoms with Crippen LogP contribution >= 0.6 is 11.6 Å². The monoisotopic (exact) mass is 312 g/mol. The predicted molar refractivity (Wildman–Crippen MR) is 91.1 cm³/mol. The summed E-state index contributed by atoms with van der Waals surface area (Å²) >= 11 is 5.93. The average molecular weight is 313 g/mol. The number of anilines is 1. The summed E-state index contributed by atoms with van der Waals surface area (Å²) in [5.41, 5.74) is 3.25. The van der Waals surface area contributed by atoms with E-state index in [-0.39, 0.29) is 6.03 Å². The molecule has 3 rings (SSSR count). The minimum absolute atomic E-state index is 0.0920. The minimum Gasteiger partial charge on any atom is -0.320 e. The van der Waals surface area contributed by atoms with Gasteiger partial charge in [-0.2, -0.15) is 0 Å². The number of hydrogen-bond donors (Lipinski definition) is 1. The number of benzene rings is 2. The lowest BCUT2D eigenvalue weighted by Gasteiger charge is -2.27. The van der Waals surface area contributed by atoms with Crippen LogP contribution in [0.4, 0.5) is 10.5 Å². The zero-order valence-corrected chi connectivity index (χ0v) is 12.9. The molecule has 1 heterocycles. The Morgan fingerprint density at radius 1 is 1.09 bits per heavy atom. The van der Waals surface area contributed by atoms with Crippen molar-refractivity contribution in [1.29, 1.82) is 0 Å². The minimum atomic E-state index is -0.0920. The van der Waals surface area contributed by atoms with Gasteiger partial charge in [-0.15, -0.1) is 0 Å². The van der Waals surface area contributed by atoms with Gasteiger partial charge in [0.25, 0.3) is 0 Å². The smallest absolute Gasteiger partial charge is 0.320 e. The number of urea groups is 1. The van der Waals surface area contributed by atoms with E-state index in [9.17, 15) is 4.79 Å². The third-order valence-electron chi connectivity index (χ3n) is 3.72. The molecule has 0 bridgehead atoms. The molecule has 2 aromatic rings. The van der Waals surface area contributed by atoms with Crippen molar-refractivity contribution in [2.45, 2.75) is 6.42 Å². The van der Waals surface area contributed by atoms with E-state index in [2.05, 4.69) is 23.5 Å². The number of rotatable bonds is 2. The van der Waals surface area contributed by atoms with E-state index in [1.165, 1.54) is 11.1 Å². The van der Waals surface area contributed by atoms with Crippen LogP contribution in [-0.2, 0) is 0 Å². The van der Waals surface area contributed by atoms with Crippen molar-refractivity contribution < 1.29 is 4.79 Å². The van der Waals surface area contributed by atoms with Crippen molar-refractivity contribution in [3.05, 3.63) is 71.3 Å². The lowest BCUT2D eigenvalue weighted by Crippen LogP contribution is -2.37. The summed E-state index contributed by atoms with van der Waals surface area (Å²) in [6.45, 7) is 1.34. The second-order valence-corrected chi connectivity index (χ2v) is 5.67. The van der Waals surface area contributed by atoms with Crippen LogP contribution in [0.5, 0.6) is 0 Å². The molecule has 1 aliphatic rings. The van der Waals surface area contributed by atoms with Gasteiger partial charge < -0.3 is 10.2 Å². The average Bonchev–Trinajstić information content (AvgIpc) is 2.56. The summed E-state index contributed by atoms with van der Waals surface area (Å²) in [6.07, 6.45) is 2.99. The Kier molecular flexibility index (Phi) is 4.45. The summed E-state index contributed by atoms with van der Waals surface area (Å²) in [4.78, 5) is 14.1. The first-order valence-electron chi connectivity index (χ1n) is 7.28. The van der Waals surface area contributed by atoms with Crippen LogP contribution in [0.3, 0.4) is 0 Å². The molecule has 1 N–H and O–H groups in total. The Morgan fingerprint density at radius 3 is 2.59 bits per heavy atom. The first kappa shape index (κ1) is 14.7. The van der Waals surface area contributed by atoms with Crippen molar-refractivity contribution >= 4 is 28.9 Å². The normalized spacial score (nSPS) is 14.4. The van der Waals surface area contributed by atoms with Gasteiger partial charge in [-0.05, 0) is 35.8 Å². The zero-order valence-electron chi connectivity index (χ0n) is 12.1. The standard InChI is InChI=1S/C18H17ClN2O/c19-16-7-4-8-17(13-16)20-18(22)21-11-9-15(10-12-21)14-5-2-1-3-6-14/h1-9,13H,10-12H2,(H,20,22). The molecule has 0 saturated heterocycles. The molecule has 1 aliphatic heterocycles. The summed E-state index contributed by atoms with van der Waals surface area (Å²) in [7, 11) is 0. The largest absolute Gasteiger partial charge is 0.322 e. The Bertz CT molecular complexity index is 697. The lowest BCUT2D eigenvalue weighted by atomic mass is 10.00. The molecule has 0 atom stereocenters. The van der Waals surface area contributed by atoms with Crippen molar-refractivity contribution in [2.24, 2.45) is 0 Å². The molecule has 0 fully saturated rings. The number of hydrogen-bond acceptors (Lipinski definition) is 1. The molecule has 0 unspecified atom stereocenters. The number of nitrogens with one attached hydrogen (secondary N) is 1. The van der Waals surface area contributed by atoms with Crippen molar-refractivity contribution in [3.63, 3.8) is 0 Å². The second kappa shape index (κ2) is 6.67. The molecule has 0 saturated carbocycles. The van der Waals surface area contributed by atoms with E-state index < -0.39 is 0 Å². The molecule has 0 radical (unpaired) electrons. The lowest BCUT2D eigenvalue weighted by molar-refractivity contribution is 0.217. The van der Waals surface area contributed by atoms with E-state index in [0.29, 0.717) is 18.1 Å². The molecule has 22 heavy (non-hydrogen) atoms. The van der Waals surface area contributed by atoms with Gasteiger partial charge in [0, 0.05) is 23.8 Å². The maximum atomic E-state index is 12.3. The fraction of sp³-hybridized carbons (Fsp3) is 0.167. The van der Waals surface area contributed by atoms with Crippen LogP contribution in [0, 0.1) is 0 Å². The fourth-order valence-electron chi connectivity index (χ4n) is 2.54. The van der Waals surface area contributed by atoms with Gasteiger partial charge in [0.2, 0.25) is 0 Å². The molecule has 0 aliphatic carbocycles.